The van der Waals surface area contributed by atoms with Crippen molar-refractivity contribution in [3.8, 4) is 0 Å². The van der Waals surface area contributed by atoms with Crippen LogP contribution >= 0.6 is 0 Å². The molecule has 90 valence electrons. The van der Waals surface area contributed by atoms with Crippen LogP contribution in [0.25, 0.3) is 0 Å². The summed E-state index contributed by atoms with van der Waals surface area (Å²) < 4.78 is 2.12. The monoisotopic (exact) mass is 230 g/mol. The summed E-state index contributed by atoms with van der Waals surface area (Å²) in [6.45, 7) is 6.01. The van der Waals surface area contributed by atoms with Gasteiger partial charge in [-0.15, -0.1) is 0 Å². The van der Waals surface area contributed by atoms with Crippen molar-refractivity contribution in [1.29, 1.82) is 0 Å². The van der Waals surface area contributed by atoms with Gasteiger partial charge >= 0.3 is 0 Å². The molecule has 0 aromatic carbocycles. The van der Waals surface area contributed by atoms with Crippen LogP contribution in [0.2, 0.25) is 0 Å². The lowest BCUT2D eigenvalue weighted by atomic mass is 10.1. The Hall–Kier alpha value is -1.84. The molecule has 0 amide bonds. The highest BCUT2D eigenvalue weighted by atomic mass is 15.2. The second-order valence-corrected chi connectivity index (χ2v) is 4.11. The molecule has 2 aromatic rings. The van der Waals surface area contributed by atoms with E-state index >= 15 is 0 Å². The molecule has 0 aliphatic carbocycles. The van der Waals surface area contributed by atoms with Crippen LogP contribution in [-0.4, -0.2) is 21.1 Å². The van der Waals surface area contributed by atoms with Gasteiger partial charge in [-0.05, 0) is 30.5 Å². The molecule has 0 saturated heterocycles. The Morgan fingerprint density at radius 3 is 3.00 bits per heavy atom. The molecule has 0 spiro atoms. The number of nitrogens with one attached hydrogen (secondary N) is 1. The molecule has 1 N–H and O–H groups in total. The first kappa shape index (κ1) is 11.6. The van der Waals surface area contributed by atoms with Crippen LogP contribution < -0.4 is 5.32 Å². The van der Waals surface area contributed by atoms with Crippen molar-refractivity contribution in [1.82, 2.24) is 14.5 Å². The van der Waals surface area contributed by atoms with Crippen molar-refractivity contribution in [2.24, 2.45) is 0 Å². The Morgan fingerprint density at radius 1 is 1.35 bits per heavy atom. The maximum atomic E-state index is 4.32. The van der Waals surface area contributed by atoms with E-state index in [1.54, 1.807) is 0 Å². The summed E-state index contributed by atoms with van der Waals surface area (Å²) >= 11 is 0. The molecule has 0 radical (unpaired) electrons. The smallest absolute Gasteiger partial charge is 0.203 e. The SMILES string of the molecule is CCCNc1nccn1Cc1ccncc1C. The summed E-state index contributed by atoms with van der Waals surface area (Å²) in [4.78, 5) is 8.42. The largest absolute Gasteiger partial charge is 0.356 e. The van der Waals surface area contributed by atoms with Crippen LogP contribution in [0.3, 0.4) is 0 Å². The summed E-state index contributed by atoms with van der Waals surface area (Å²) in [5.41, 5.74) is 2.49. The van der Waals surface area contributed by atoms with Crippen molar-refractivity contribution in [3.05, 3.63) is 42.0 Å². The normalized spacial score (nSPS) is 10.5. The van der Waals surface area contributed by atoms with Crippen molar-refractivity contribution in [2.75, 3.05) is 11.9 Å². The minimum Gasteiger partial charge on any atom is -0.356 e. The number of hydrogen-bond donors (Lipinski definition) is 1. The van der Waals surface area contributed by atoms with Gasteiger partial charge in [-0.1, -0.05) is 6.92 Å². The van der Waals surface area contributed by atoms with Crippen LogP contribution in [0.5, 0.6) is 0 Å². The lowest BCUT2D eigenvalue weighted by Crippen LogP contribution is -2.09. The number of imidazole rings is 1. The van der Waals surface area contributed by atoms with Crippen molar-refractivity contribution < 1.29 is 0 Å². The molecule has 0 saturated carbocycles. The molecule has 2 aromatic heterocycles. The van der Waals surface area contributed by atoms with Crippen molar-refractivity contribution >= 4 is 5.95 Å². The van der Waals surface area contributed by atoms with Gasteiger partial charge in [0.25, 0.3) is 0 Å². The lowest BCUT2D eigenvalue weighted by molar-refractivity contribution is 0.786. The van der Waals surface area contributed by atoms with Gasteiger partial charge in [0.05, 0.1) is 6.54 Å². The Bertz CT molecular complexity index is 476. The van der Waals surface area contributed by atoms with Gasteiger partial charge in [0, 0.05) is 31.3 Å². The van der Waals surface area contributed by atoms with Gasteiger partial charge < -0.3 is 9.88 Å². The number of pyridine rings is 1. The van der Waals surface area contributed by atoms with Crippen LogP contribution in [0.4, 0.5) is 5.95 Å². The minimum absolute atomic E-state index is 0.834. The van der Waals surface area contributed by atoms with E-state index in [1.807, 2.05) is 24.8 Å². The number of aryl methyl sites for hydroxylation is 1. The third-order valence-corrected chi connectivity index (χ3v) is 2.73. The highest BCUT2D eigenvalue weighted by Crippen LogP contribution is 2.11. The number of anilines is 1. The summed E-state index contributed by atoms with van der Waals surface area (Å²) in [5.74, 6) is 0.933. The molecule has 2 heterocycles. The van der Waals surface area contributed by atoms with Gasteiger partial charge in [-0.25, -0.2) is 4.98 Å². The highest BCUT2D eigenvalue weighted by Gasteiger charge is 2.04. The maximum Gasteiger partial charge on any atom is 0.203 e. The number of aromatic nitrogens is 3. The quantitative estimate of drug-likeness (QED) is 0.858. The van der Waals surface area contributed by atoms with Gasteiger partial charge in [0.1, 0.15) is 0 Å². The van der Waals surface area contributed by atoms with E-state index in [9.17, 15) is 0 Å². The average molecular weight is 230 g/mol. The van der Waals surface area contributed by atoms with Crippen molar-refractivity contribution in [2.45, 2.75) is 26.8 Å². The van der Waals surface area contributed by atoms with E-state index in [0.29, 0.717) is 0 Å². The van der Waals surface area contributed by atoms with E-state index in [2.05, 4.69) is 39.8 Å². The molecule has 0 fully saturated rings. The summed E-state index contributed by atoms with van der Waals surface area (Å²) in [6.07, 6.45) is 8.65. The van der Waals surface area contributed by atoms with E-state index in [4.69, 9.17) is 0 Å². The number of hydrogen-bond acceptors (Lipinski definition) is 3. The fraction of sp³-hybridized carbons (Fsp3) is 0.385. The fourth-order valence-electron chi connectivity index (χ4n) is 1.70. The van der Waals surface area contributed by atoms with Gasteiger partial charge in [-0.3, -0.25) is 4.98 Å². The first-order chi connectivity index (χ1) is 8.31. The summed E-state index contributed by atoms with van der Waals surface area (Å²) in [5, 5.41) is 3.32. The van der Waals surface area contributed by atoms with Gasteiger partial charge in [-0.2, -0.15) is 0 Å². The third kappa shape index (κ3) is 2.84. The Labute approximate surface area is 102 Å². The second-order valence-electron chi connectivity index (χ2n) is 4.11. The predicted octanol–water partition coefficient (Wildman–Crippen LogP) is 2.46. The van der Waals surface area contributed by atoms with E-state index in [0.717, 1.165) is 25.5 Å². The van der Waals surface area contributed by atoms with Gasteiger partial charge in [0.2, 0.25) is 5.95 Å². The van der Waals surface area contributed by atoms with E-state index in [-0.39, 0.29) is 0 Å². The van der Waals surface area contributed by atoms with E-state index < -0.39 is 0 Å². The van der Waals surface area contributed by atoms with Crippen LogP contribution in [-0.2, 0) is 6.54 Å². The molecule has 0 aliphatic heterocycles. The third-order valence-electron chi connectivity index (χ3n) is 2.73. The van der Waals surface area contributed by atoms with Gasteiger partial charge in [0.15, 0.2) is 0 Å². The molecule has 0 atom stereocenters. The molecule has 0 unspecified atom stereocenters. The Kier molecular flexibility index (Phi) is 3.75. The molecule has 4 nitrogen and oxygen atoms in total. The van der Waals surface area contributed by atoms with Crippen molar-refractivity contribution in [3.63, 3.8) is 0 Å². The Morgan fingerprint density at radius 2 is 2.24 bits per heavy atom. The maximum absolute atomic E-state index is 4.32. The van der Waals surface area contributed by atoms with Crippen LogP contribution in [0.15, 0.2) is 30.9 Å². The first-order valence-electron chi connectivity index (χ1n) is 5.95. The van der Waals surface area contributed by atoms with Crippen LogP contribution in [0, 0.1) is 6.92 Å². The molecule has 0 aliphatic rings. The average Bonchev–Trinajstić information content (AvgIpc) is 2.77. The molecular formula is C13H18N4. The first-order valence-corrected chi connectivity index (χ1v) is 5.95. The summed E-state index contributed by atoms with van der Waals surface area (Å²) in [6, 6.07) is 2.05. The number of rotatable bonds is 5. The Balaban J connectivity index is 2.13. The molecule has 4 heteroatoms. The summed E-state index contributed by atoms with van der Waals surface area (Å²) in [7, 11) is 0. The highest BCUT2D eigenvalue weighted by molar-refractivity contribution is 5.29. The fourth-order valence-corrected chi connectivity index (χ4v) is 1.70. The predicted molar refractivity (Wildman–Crippen MR) is 69.1 cm³/mol. The lowest BCUT2D eigenvalue weighted by Gasteiger charge is -2.10. The molecule has 2 rings (SSSR count). The number of nitrogens with zero attached hydrogens (tertiary/aromatic N) is 3. The second kappa shape index (κ2) is 5.48. The van der Waals surface area contributed by atoms with Crippen LogP contribution in [0.1, 0.15) is 24.5 Å². The zero-order chi connectivity index (χ0) is 12.1. The molecular weight excluding hydrogens is 212 g/mol. The van der Waals surface area contributed by atoms with E-state index in [1.165, 1.54) is 11.1 Å². The topological polar surface area (TPSA) is 42.7 Å². The minimum atomic E-state index is 0.834. The zero-order valence-corrected chi connectivity index (χ0v) is 10.3. The standard InChI is InChI=1S/C13H18N4/c1-3-5-15-13-16-7-8-17(13)10-12-4-6-14-9-11(12)2/h4,6-9H,3,5,10H2,1-2H3,(H,15,16). The molecule has 17 heavy (non-hydrogen) atoms. The zero-order valence-electron chi connectivity index (χ0n) is 10.3. The molecule has 0 bridgehead atoms.